The standard InChI is InChI=1S/C21H16F2N2O3S/c22-21(23)28-18-10-8-17(9-11-18)20(16-4-2-1-3-5-16)25-29(26,27)19-12-6-15(14-24)7-13-19/h1-13,20-21,25H/t20-/m1/s1. The lowest BCUT2D eigenvalue weighted by Gasteiger charge is -2.20. The highest BCUT2D eigenvalue weighted by molar-refractivity contribution is 7.89. The van der Waals surface area contributed by atoms with Crippen LogP contribution in [0.4, 0.5) is 8.78 Å². The van der Waals surface area contributed by atoms with Crippen LogP contribution in [0.5, 0.6) is 5.75 Å². The van der Waals surface area contributed by atoms with E-state index >= 15 is 0 Å². The molecule has 0 aliphatic heterocycles. The molecule has 1 N–H and O–H groups in total. The van der Waals surface area contributed by atoms with Gasteiger partial charge in [0.25, 0.3) is 0 Å². The second-order valence-corrected chi connectivity index (χ2v) is 7.76. The summed E-state index contributed by atoms with van der Waals surface area (Å²) in [7, 11) is -3.92. The lowest BCUT2D eigenvalue weighted by atomic mass is 10.00. The fraction of sp³-hybridized carbons (Fsp3) is 0.0952. The molecule has 0 aromatic heterocycles. The van der Waals surface area contributed by atoms with Crippen molar-refractivity contribution in [3.05, 3.63) is 95.6 Å². The molecule has 0 spiro atoms. The van der Waals surface area contributed by atoms with E-state index in [1.807, 2.05) is 6.07 Å². The summed E-state index contributed by atoms with van der Waals surface area (Å²) in [6.45, 7) is -2.94. The topological polar surface area (TPSA) is 79.2 Å². The summed E-state index contributed by atoms with van der Waals surface area (Å²) in [6.07, 6.45) is 0. The van der Waals surface area contributed by atoms with Gasteiger partial charge < -0.3 is 4.74 Å². The molecule has 0 saturated heterocycles. The minimum atomic E-state index is -3.92. The Morgan fingerprint density at radius 2 is 1.45 bits per heavy atom. The van der Waals surface area contributed by atoms with Crippen molar-refractivity contribution in [3.63, 3.8) is 0 Å². The van der Waals surface area contributed by atoms with Gasteiger partial charge in [0, 0.05) is 0 Å². The first-order valence-electron chi connectivity index (χ1n) is 8.51. The summed E-state index contributed by atoms with van der Waals surface area (Å²) in [5.41, 5.74) is 1.57. The first-order valence-corrected chi connectivity index (χ1v) is 9.99. The Hall–Kier alpha value is -3.28. The largest absolute Gasteiger partial charge is 0.435 e. The van der Waals surface area contributed by atoms with Gasteiger partial charge in [0.2, 0.25) is 10.0 Å². The van der Waals surface area contributed by atoms with Crippen molar-refractivity contribution in [2.45, 2.75) is 17.5 Å². The van der Waals surface area contributed by atoms with Gasteiger partial charge in [-0.15, -0.1) is 0 Å². The molecule has 0 fully saturated rings. The van der Waals surface area contributed by atoms with Gasteiger partial charge in [-0.05, 0) is 47.5 Å². The molecule has 0 aliphatic rings. The Morgan fingerprint density at radius 3 is 2.00 bits per heavy atom. The Kier molecular flexibility index (Phi) is 6.22. The number of nitriles is 1. The Balaban J connectivity index is 1.95. The highest BCUT2D eigenvalue weighted by Crippen LogP contribution is 2.27. The monoisotopic (exact) mass is 414 g/mol. The molecule has 3 aromatic rings. The first kappa shape index (κ1) is 20.5. The van der Waals surface area contributed by atoms with E-state index in [2.05, 4.69) is 9.46 Å². The zero-order valence-electron chi connectivity index (χ0n) is 15.0. The summed E-state index contributed by atoms with van der Waals surface area (Å²) in [5.74, 6) is -0.0227. The molecule has 3 rings (SSSR count). The lowest BCUT2D eigenvalue weighted by molar-refractivity contribution is -0.0498. The number of alkyl halides is 2. The van der Waals surface area contributed by atoms with Crippen molar-refractivity contribution in [2.75, 3.05) is 0 Å². The third kappa shape index (κ3) is 5.16. The molecular weight excluding hydrogens is 398 g/mol. The predicted octanol–water partition coefficient (Wildman–Crippen LogP) is 4.23. The highest BCUT2D eigenvalue weighted by atomic mass is 32.2. The molecule has 0 unspecified atom stereocenters. The molecule has 3 aromatic carbocycles. The smallest absolute Gasteiger partial charge is 0.387 e. The van der Waals surface area contributed by atoms with Crippen molar-refractivity contribution in [3.8, 4) is 11.8 Å². The number of hydrogen-bond donors (Lipinski definition) is 1. The number of hydrogen-bond acceptors (Lipinski definition) is 4. The first-order chi connectivity index (χ1) is 13.9. The third-order valence-electron chi connectivity index (χ3n) is 4.14. The normalized spacial score (nSPS) is 12.3. The molecule has 148 valence electrons. The van der Waals surface area contributed by atoms with Crippen LogP contribution in [0.25, 0.3) is 0 Å². The van der Waals surface area contributed by atoms with Gasteiger partial charge in [-0.3, -0.25) is 0 Å². The number of halogens is 2. The number of nitrogens with one attached hydrogen (secondary N) is 1. The van der Waals surface area contributed by atoms with Crippen LogP contribution in [0.2, 0.25) is 0 Å². The van der Waals surface area contributed by atoms with E-state index in [4.69, 9.17) is 5.26 Å². The van der Waals surface area contributed by atoms with E-state index in [-0.39, 0.29) is 10.6 Å². The van der Waals surface area contributed by atoms with Gasteiger partial charge in [0.05, 0.1) is 22.6 Å². The molecule has 0 aliphatic carbocycles. The van der Waals surface area contributed by atoms with Crippen molar-refractivity contribution in [1.82, 2.24) is 4.72 Å². The molecule has 5 nitrogen and oxygen atoms in total. The zero-order chi connectivity index (χ0) is 20.9. The van der Waals surface area contributed by atoms with E-state index in [0.29, 0.717) is 16.7 Å². The Bertz CT molecular complexity index is 1100. The van der Waals surface area contributed by atoms with Crippen molar-refractivity contribution >= 4 is 10.0 Å². The Labute approximate surface area is 167 Å². The quantitative estimate of drug-likeness (QED) is 0.628. The van der Waals surface area contributed by atoms with E-state index in [1.165, 1.54) is 48.5 Å². The van der Waals surface area contributed by atoms with Crippen LogP contribution in [0, 0.1) is 11.3 Å². The maximum Gasteiger partial charge on any atom is 0.387 e. The molecule has 0 amide bonds. The van der Waals surface area contributed by atoms with Crippen LogP contribution in [0.15, 0.2) is 83.8 Å². The van der Waals surface area contributed by atoms with Crippen LogP contribution >= 0.6 is 0 Å². The molecule has 8 heteroatoms. The van der Waals surface area contributed by atoms with Crippen LogP contribution in [0.1, 0.15) is 22.7 Å². The van der Waals surface area contributed by atoms with Crippen LogP contribution in [-0.2, 0) is 10.0 Å². The van der Waals surface area contributed by atoms with Crippen molar-refractivity contribution in [2.24, 2.45) is 0 Å². The average Bonchev–Trinajstić information content (AvgIpc) is 2.73. The fourth-order valence-corrected chi connectivity index (χ4v) is 3.96. The maximum absolute atomic E-state index is 12.9. The van der Waals surface area contributed by atoms with Gasteiger partial charge in [0.15, 0.2) is 0 Å². The molecule has 0 bridgehead atoms. The zero-order valence-corrected chi connectivity index (χ0v) is 15.8. The van der Waals surface area contributed by atoms with Gasteiger partial charge in [-0.25, -0.2) is 8.42 Å². The SMILES string of the molecule is N#Cc1ccc(S(=O)(=O)N[C@H](c2ccccc2)c2ccc(OC(F)F)cc2)cc1. The molecule has 1 atom stereocenters. The minimum absolute atomic E-state index is 0.00934. The second kappa shape index (κ2) is 8.82. The van der Waals surface area contributed by atoms with Gasteiger partial charge >= 0.3 is 6.61 Å². The Morgan fingerprint density at radius 1 is 0.862 bits per heavy atom. The maximum atomic E-state index is 12.9. The molecule has 0 saturated carbocycles. The number of rotatable bonds is 7. The second-order valence-electron chi connectivity index (χ2n) is 6.05. The molecular formula is C21H16F2N2O3S. The molecule has 0 radical (unpaired) electrons. The number of benzene rings is 3. The number of nitrogens with zero attached hydrogens (tertiary/aromatic N) is 1. The number of ether oxygens (including phenoxy) is 1. The predicted molar refractivity (Wildman–Crippen MR) is 103 cm³/mol. The van der Waals surface area contributed by atoms with Crippen molar-refractivity contribution < 1.29 is 21.9 Å². The molecule has 0 heterocycles. The van der Waals surface area contributed by atoms with Gasteiger partial charge in [-0.1, -0.05) is 42.5 Å². The summed E-state index contributed by atoms with van der Waals surface area (Å²) in [6, 6.07) is 21.3. The van der Waals surface area contributed by atoms with Crippen LogP contribution in [-0.4, -0.2) is 15.0 Å². The highest BCUT2D eigenvalue weighted by Gasteiger charge is 2.23. The van der Waals surface area contributed by atoms with E-state index in [9.17, 15) is 17.2 Å². The fourth-order valence-electron chi connectivity index (χ4n) is 2.75. The summed E-state index contributed by atoms with van der Waals surface area (Å²) in [4.78, 5) is 0.00934. The summed E-state index contributed by atoms with van der Waals surface area (Å²) >= 11 is 0. The molecule has 29 heavy (non-hydrogen) atoms. The minimum Gasteiger partial charge on any atom is -0.435 e. The van der Waals surface area contributed by atoms with Gasteiger partial charge in [-0.2, -0.15) is 18.8 Å². The van der Waals surface area contributed by atoms with E-state index in [1.54, 1.807) is 30.3 Å². The average molecular weight is 414 g/mol. The summed E-state index contributed by atoms with van der Waals surface area (Å²) < 4.78 is 57.5. The third-order valence-corrected chi connectivity index (χ3v) is 5.58. The van der Waals surface area contributed by atoms with Gasteiger partial charge in [0.1, 0.15) is 5.75 Å². The van der Waals surface area contributed by atoms with E-state index < -0.39 is 22.7 Å². The number of sulfonamides is 1. The summed E-state index contributed by atoms with van der Waals surface area (Å²) in [5, 5.41) is 8.88. The van der Waals surface area contributed by atoms with Crippen molar-refractivity contribution in [1.29, 1.82) is 5.26 Å². The lowest BCUT2D eigenvalue weighted by Crippen LogP contribution is -2.29. The van der Waals surface area contributed by atoms with E-state index in [0.717, 1.165) is 0 Å². The van der Waals surface area contributed by atoms with Crippen LogP contribution < -0.4 is 9.46 Å². The van der Waals surface area contributed by atoms with Crippen LogP contribution in [0.3, 0.4) is 0 Å².